The largest absolute Gasteiger partial charge is 0.465 e. The maximum absolute atomic E-state index is 11.6. The highest BCUT2D eigenvalue weighted by Gasteiger charge is 2.28. The monoisotopic (exact) mass is 233 g/mol. The second-order valence-electron chi connectivity index (χ2n) is 4.16. The average molecular weight is 233 g/mol. The van der Waals surface area contributed by atoms with Crippen LogP contribution in [0.4, 0.5) is 0 Å². The third-order valence-electron chi connectivity index (χ3n) is 2.95. The Balaban J connectivity index is 2.24. The van der Waals surface area contributed by atoms with Crippen LogP contribution in [0.3, 0.4) is 0 Å². The van der Waals surface area contributed by atoms with E-state index in [0.717, 1.165) is 12.8 Å². The highest BCUT2D eigenvalue weighted by molar-refractivity contribution is 5.95. The number of ether oxygens (including phenoxy) is 1. The molecule has 0 spiro atoms. The van der Waals surface area contributed by atoms with Crippen molar-refractivity contribution in [2.24, 2.45) is 0 Å². The highest BCUT2D eigenvalue weighted by Crippen LogP contribution is 2.36. The molecular formula is C11H11N3O3. The summed E-state index contributed by atoms with van der Waals surface area (Å²) >= 11 is 0. The summed E-state index contributed by atoms with van der Waals surface area (Å²) in [5, 5.41) is 6.21. The first kappa shape index (κ1) is 10.1. The number of H-pyrrole nitrogens is 1. The van der Waals surface area contributed by atoms with E-state index >= 15 is 0 Å². The van der Waals surface area contributed by atoms with E-state index in [-0.39, 0.29) is 5.56 Å². The predicted octanol–water partition coefficient (Wildman–Crippen LogP) is 0.798. The van der Waals surface area contributed by atoms with Crippen molar-refractivity contribution in [3.63, 3.8) is 0 Å². The van der Waals surface area contributed by atoms with Gasteiger partial charge < -0.3 is 9.30 Å². The molecule has 1 aliphatic carbocycles. The van der Waals surface area contributed by atoms with Crippen LogP contribution in [0.5, 0.6) is 0 Å². The molecule has 0 unspecified atom stereocenters. The third-order valence-corrected chi connectivity index (χ3v) is 2.95. The Morgan fingerprint density at radius 3 is 2.94 bits per heavy atom. The molecule has 2 heterocycles. The summed E-state index contributed by atoms with van der Waals surface area (Å²) in [5.74, 6) is -0.475. The molecule has 1 fully saturated rings. The number of esters is 1. The Hall–Kier alpha value is -2.11. The van der Waals surface area contributed by atoms with Gasteiger partial charge in [-0.05, 0) is 12.8 Å². The van der Waals surface area contributed by atoms with Crippen LogP contribution < -0.4 is 5.56 Å². The van der Waals surface area contributed by atoms with Gasteiger partial charge in [0.25, 0.3) is 5.56 Å². The number of aromatic nitrogens is 3. The molecule has 88 valence electrons. The molecule has 0 aromatic heterocycles. The number of fused-ring (bicyclic) bond motifs is 1. The first-order valence-electron chi connectivity index (χ1n) is 5.39. The molecule has 0 atom stereocenters. The first-order valence-corrected chi connectivity index (χ1v) is 5.39. The van der Waals surface area contributed by atoms with Crippen molar-refractivity contribution in [2.75, 3.05) is 7.11 Å². The van der Waals surface area contributed by atoms with E-state index in [1.54, 1.807) is 12.4 Å². The van der Waals surface area contributed by atoms with Crippen molar-refractivity contribution in [2.45, 2.75) is 18.9 Å². The Kier molecular flexibility index (Phi) is 2.04. The van der Waals surface area contributed by atoms with Crippen LogP contribution in [-0.4, -0.2) is 27.8 Å². The van der Waals surface area contributed by atoms with Gasteiger partial charge in [0.2, 0.25) is 0 Å². The van der Waals surface area contributed by atoms with Gasteiger partial charge in [0.1, 0.15) is 11.3 Å². The van der Waals surface area contributed by atoms with E-state index in [4.69, 9.17) is 4.74 Å². The molecule has 0 aromatic carbocycles. The van der Waals surface area contributed by atoms with E-state index in [1.165, 1.54) is 7.11 Å². The highest BCUT2D eigenvalue weighted by atomic mass is 16.5. The molecular weight excluding hydrogens is 222 g/mol. The Morgan fingerprint density at radius 1 is 1.53 bits per heavy atom. The average Bonchev–Trinajstić information content (AvgIpc) is 3.13. The molecule has 1 saturated carbocycles. The lowest BCUT2D eigenvalue weighted by atomic mass is 10.1. The molecule has 1 N–H and O–H groups in total. The molecule has 2 aliphatic heterocycles. The zero-order valence-corrected chi connectivity index (χ0v) is 9.27. The summed E-state index contributed by atoms with van der Waals surface area (Å²) in [5.41, 5.74) is 0.856. The van der Waals surface area contributed by atoms with Crippen LogP contribution in [0.25, 0.3) is 11.3 Å². The number of methoxy groups -OCH3 is 1. The van der Waals surface area contributed by atoms with Crippen molar-refractivity contribution >= 4 is 5.97 Å². The van der Waals surface area contributed by atoms with Gasteiger partial charge in [0, 0.05) is 18.4 Å². The molecule has 3 rings (SSSR count). The number of hydrogen-bond donors (Lipinski definition) is 1. The first-order chi connectivity index (χ1) is 8.20. The van der Waals surface area contributed by atoms with E-state index in [9.17, 15) is 9.59 Å². The Labute approximate surface area is 96.5 Å². The van der Waals surface area contributed by atoms with Gasteiger partial charge in [0.05, 0.1) is 12.7 Å². The zero-order valence-electron chi connectivity index (χ0n) is 9.27. The third kappa shape index (κ3) is 1.52. The van der Waals surface area contributed by atoms with Crippen molar-refractivity contribution in [3.05, 3.63) is 28.3 Å². The van der Waals surface area contributed by atoms with Gasteiger partial charge >= 0.3 is 5.97 Å². The number of rotatable bonds is 2. The Bertz CT molecular complexity index is 609. The number of carbonyl (C=O) groups excluding carboxylic acids is 1. The lowest BCUT2D eigenvalue weighted by Gasteiger charge is -2.10. The molecule has 0 bridgehead atoms. The standard InChI is InChI=1S/C11H11N3O3/c1-17-11(16)8-5-14(6-2-3-6)4-7-9(8)12-13-10(7)15/h4-6H,2-3H2,1H3,(H,13,15). The topological polar surface area (TPSA) is 77.0 Å². The summed E-state index contributed by atoms with van der Waals surface area (Å²) in [6.45, 7) is 0. The van der Waals surface area contributed by atoms with Crippen molar-refractivity contribution in [1.82, 2.24) is 14.8 Å². The number of carbonyl (C=O) groups is 1. The predicted molar refractivity (Wildman–Crippen MR) is 59.1 cm³/mol. The number of pyridine rings is 1. The van der Waals surface area contributed by atoms with Crippen LogP contribution in [0.1, 0.15) is 29.2 Å². The van der Waals surface area contributed by atoms with Crippen LogP contribution in [0.2, 0.25) is 0 Å². The Morgan fingerprint density at radius 2 is 2.29 bits per heavy atom. The molecule has 0 amide bonds. The van der Waals surface area contributed by atoms with Crippen LogP contribution in [-0.2, 0) is 4.74 Å². The van der Waals surface area contributed by atoms with Gasteiger partial charge in [-0.15, -0.1) is 0 Å². The van der Waals surface area contributed by atoms with Gasteiger partial charge in [-0.3, -0.25) is 4.79 Å². The zero-order chi connectivity index (χ0) is 12.0. The number of nitrogens with one attached hydrogen (secondary N) is 1. The minimum Gasteiger partial charge on any atom is -0.465 e. The summed E-state index contributed by atoms with van der Waals surface area (Å²) in [6.07, 6.45) is 5.59. The van der Waals surface area contributed by atoms with Gasteiger partial charge in [-0.1, -0.05) is 0 Å². The summed E-state index contributed by atoms with van der Waals surface area (Å²) < 4.78 is 6.59. The fraction of sp³-hybridized carbons (Fsp3) is 0.364. The minimum atomic E-state index is -0.475. The van der Waals surface area contributed by atoms with Crippen LogP contribution >= 0.6 is 0 Å². The molecule has 0 saturated heterocycles. The number of aromatic amines is 1. The summed E-state index contributed by atoms with van der Waals surface area (Å²) in [4.78, 5) is 23.2. The fourth-order valence-corrected chi connectivity index (χ4v) is 1.90. The second-order valence-corrected chi connectivity index (χ2v) is 4.16. The van der Waals surface area contributed by atoms with E-state index in [0.29, 0.717) is 22.9 Å². The fourth-order valence-electron chi connectivity index (χ4n) is 1.90. The SMILES string of the molecule is COC(=O)c1cn(C2CC2)cc2c(=O)[nH]nc1-2. The molecule has 6 heteroatoms. The van der Waals surface area contributed by atoms with E-state index < -0.39 is 5.97 Å². The second kappa shape index (κ2) is 3.44. The van der Waals surface area contributed by atoms with E-state index in [1.807, 2.05) is 4.57 Å². The maximum atomic E-state index is 11.6. The van der Waals surface area contributed by atoms with Gasteiger partial charge in [-0.2, -0.15) is 5.10 Å². The maximum Gasteiger partial charge on any atom is 0.341 e. The molecule has 0 aromatic rings. The van der Waals surface area contributed by atoms with Crippen LogP contribution in [0, 0.1) is 0 Å². The molecule has 3 aliphatic rings. The smallest absolute Gasteiger partial charge is 0.341 e. The number of hydrogen-bond acceptors (Lipinski definition) is 4. The number of nitrogens with zero attached hydrogens (tertiary/aromatic N) is 2. The molecule has 17 heavy (non-hydrogen) atoms. The summed E-state index contributed by atoms with van der Waals surface area (Å²) in [6, 6.07) is 0.386. The van der Waals surface area contributed by atoms with Crippen LogP contribution in [0.15, 0.2) is 17.2 Å². The lowest BCUT2D eigenvalue weighted by molar-refractivity contribution is 0.0600. The molecule has 0 radical (unpaired) electrons. The van der Waals surface area contributed by atoms with Crippen molar-refractivity contribution < 1.29 is 9.53 Å². The minimum absolute atomic E-state index is 0.278. The van der Waals surface area contributed by atoms with E-state index in [2.05, 4.69) is 10.2 Å². The quantitative estimate of drug-likeness (QED) is 0.778. The molecule has 6 nitrogen and oxygen atoms in total. The van der Waals surface area contributed by atoms with Gasteiger partial charge in [-0.25, -0.2) is 9.89 Å². The normalized spacial score (nSPS) is 15.1. The van der Waals surface area contributed by atoms with Crippen molar-refractivity contribution in [3.8, 4) is 11.3 Å². The summed E-state index contributed by atoms with van der Waals surface area (Å²) in [7, 11) is 1.31. The van der Waals surface area contributed by atoms with Crippen molar-refractivity contribution in [1.29, 1.82) is 0 Å². The lowest BCUT2D eigenvalue weighted by Crippen LogP contribution is -2.11. The van der Waals surface area contributed by atoms with Gasteiger partial charge in [0.15, 0.2) is 0 Å².